The smallest absolute Gasteiger partial charge is 0.277 e. The number of nitrogens with zero attached hydrogens (tertiary/aromatic N) is 3. The van der Waals surface area contributed by atoms with Gasteiger partial charge >= 0.3 is 0 Å². The summed E-state index contributed by atoms with van der Waals surface area (Å²) in [6.45, 7) is 3.40. The van der Waals surface area contributed by atoms with Gasteiger partial charge in [-0.15, -0.1) is 0 Å². The van der Waals surface area contributed by atoms with Crippen molar-refractivity contribution < 1.29 is 9.59 Å². The molecule has 7 heteroatoms. The predicted molar refractivity (Wildman–Crippen MR) is 119 cm³/mol. The standard InChI is InChI=1S/C23H25N5O2/c1-17(29)28(22-9-5-19(25)6-10-22)23(30)18(15-24)16-26-20-7-11-21(12-8-20)27-13-3-2-4-14-27/h5-12,16,26H,2-4,13-14,25H2,1H3/b18-16-. The van der Waals surface area contributed by atoms with Crippen LogP contribution in [0.1, 0.15) is 26.2 Å². The third-order valence-corrected chi connectivity index (χ3v) is 4.99. The first-order valence-electron chi connectivity index (χ1n) is 9.92. The van der Waals surface area contributed by atoms with Crippen LogP contribution in [-0.4, -0.2) is 24.9 Å². The third-order valence-electron chi connectivity index (χ3n) is 4.99. The van der Waals surface area contributed by atoms with Crippen LogP contribution in [0.2, 0.25) is 0 Å². The number of benzene rings is 2. The molecule has 1 aliphatic rings. The van der Waals surface area contributed by atoms with Crippen molar-refractivity contribution in [1.29, 1.82) is 5.26 Å². The SMILES string of the molecule is CC(=O)N(C(=O)/C(C#N)=C\Nc1ccc(N2CCCCC2)cc1)c1ccc(N)cc1. The Balaban J connectivity index is 1.74. The van der Waals surface area contributed by atoms with E-state index in [-0.39, 0.29) is 5.57 Å². The van der Waals surface area contributed by atoms with E-state index in [1.54, 1.807) is 24.3 Å². The molecule has 0 bridgehead atoms. The van der Waals surface area contributed by atoms with E-state index >= 15 is 0 Å². The monoisotopic (exact) mass is 403 g/mol. The molecule has 0 radical (unpaired) electrons. The molecule has 2 aromatic carbocycles. The van der Waals surface area contributed by atoms with Crippen LogP contribution in [0, 0.1) is 11.3 Å². The van der Waals surface area contributed by atoms with Gasteiger partial charge in [0, 0.05) is 43.3 Å². The van der Waals surface area contributed by atoms with E-state index in [9.17, 15) is 14.9 Å². The molecule has 1 heterocycles. The van der Waals surface area contributed by atoms with Crippen molar-refractivity contribution in [3.05, 3.63) is 60.3 Å². The summed E-state index contributed by atoms with van der Waals surface area (Å²) in [5, 5.41) is 12.4. The molecule has 0 aromatic heterocycles. The Morgan fingerprint density at radius 3 is 2.27 bits per heavy atom. The Morgan fingerprint density at radius 1 is 1.07 bits per heavy atom. The lowest BCUT2D eigenvalue weighted by atomic mass is 10.1. The summed E-state index contributed by atoms with van der Waals surface area (Å²) < 4.78 is 0. The lowest BCUT2D eigenvalue weighted by Crippen LogP contribution is -2.36. The molecule has 2 aromatic rings. The molecule has 154 valence electrons. The van der Waals surface area contributed by atoms with E-state index in [0.717, 1.165) is 29.4 Å². The van der Waals surface area contributed by atoms with Crippen molar-refractivity contribution in [3.8, 4) is 6.07 Å². The van der Waals surface area contributed by atoms with Gasteiger partial charge in [0.15, 0.2) is 0 Å². The number of nitrogens with two attached hydrogens (primary N) is 1. The van der Waals surface area contributed by atoms with Gasteiger partial charge in [-0.25, -0.2) is 4.90 Å². The third kappa shape index (κ3) is 4.97. The van der Waals surface area contributed by atoms with Crippen molar-refractivity contribution in [1.82, 2.24) is 0 Å². The molecule has 0 atom stereocenters. The second-order valence-corrected chi connectivity index (χ2v) is 7.16. The summed E-state index contributed by atoms with van der Waals surface area (Å²) in [7, 11) is 0. The van der Waals surface area contributed by atoms with E-state index in [1.165, 1.54) is 32.4 Å². The number of piperidine rings is 1. The van der Waals surface area contributed by atoms with E-state index in [4.69, 9.17) is 5.73 Å². The fourth-order valence-corrected chi connectivity index (χ4v) is 3.40. The molecular formula is C23H25N5O2. The number of nitrogens with one attached hydrogen (secondary N) is 1. The maximum atomic E-state index is 12.8. The first-order valence-corrected chi connectivity index (χ1v) is 9.92. The number of amides is 2. The highest BCUT2D eigenvalue weighted by Crippen LogP contribution is 2.22. The van der Waals surface area contributed by atoms with Crippen LogP contribution in [0.25, 0.3) is 0 Å². The van der Waals surface area contributed by atoms with Gasteiger partial charge in [0.25, 0.3) is 5.91 Å². The Labute approximate surface area is 176 Å². The number of hydrogen-bond donors (Lipinski definition) is 2. The highest BCUT2D eigenvalue weighted by molar-refractivity contribution is 6.21. The number of anilines is 4. The number of nitrogen functional groups attached to an aromatic ring is 1. The minimum atomic E-state index is -0.702. The number of carbonyl (C=O) groups excluding carboxylic acids is 2. The van der Waals surface area contributed by atoms with Gasteiger partial charge in [0.05, 0.1) is 5.69 Å². The van der Waals surface area contributed by atoms with Gasteiger partial charge in [-0.2, -0.15) is 5.26 Å². The Morgan fingerprint density at radius 2 is 1.70 bits per heavy atom. The van der Waals surface area contributed by atoms with Gasteiger partial charge in [-0.3, -0.25) is 9.59 Å². The first kappa shape index (κ1) is 20.9. The number of imide groups is 1. The highest BCUT2D eigenvalue weighted by atomic mass is 16.2. The van der Waals surface area contributed by atoms with Crippen molar-refractivity contribution in [3.63, 3.8) is 0 Å². The molecular weight excluding hydrogens is 378 g/mol. The minimum absolute atomic E-state index is 0.179. The maximum absolute atomic E-state index is 12.8. The Bertz CT molecular complexity index is 968. The number of carbonyl (C=O) groups is 2. The lowest BCUT2D eigenvalue weighted by Gasteiger charge is -2.28. The van der Waals surface area contributed by atoms with Crippen molar-refractivity contribution in [2.24, 2.45) is 0 Å². The first-order chi connectivity index (χ1) is 14.5. The quantitative estimate of drug-likeness (QED) is 0.449. The van der Waals surface area contributed by atoms with Crippen LogP contribution in [0.5, 0.6) is 0 Å². The van der Waals surface area contributed by atoms with Gasteiger partial charge in [0.1, 0.15) is 11.6 Å². The summed E-state index contributed by atoms with van der Waals surface area (Å²) in [6.07, 6.45) is 5.01. The second kappa shape index (κ2) is 9.61. The number of rotatable bonds is 5. The van der Waals surface area contributed by atoms with E-state index in [1.807, 2.05) is 30.3 Å². The van der Waals surface area contributed by atoms with E-state index in [0.29, 0.717) is 11.4 Å². The van der Waals surface area contributed by atoms with Crippen molar-refractivity contribution in [2.45, 2.75) is 26.2 Å². The second-order valence-electron chi connectivity index (χ2n) is 7.16. The molecule has 0 spiro atoms. The van der Waals surface area contributed by atoms with Gasteiger partial charge < -0.3 is 16.0 Å². The van der Waals surface area contributed by atoms with Crippen LogP contribution in [-0.2, 0) is 9.59 Å². The fourth-order valence-electron chi connectivity index (χ4n) is 3.40. The molecule has 7 nitrogen and oxygen atoms in total. The summed E-state index contributed by atoms with van der Waals surface area (Å²) in [5.74, 6) is -1.19. The largest absolute Gasteiger partial charge is 0.399 e. The lowest BCUT2D eigenvalue weighted by molar-refractivity contribution is -0.123. The predicted octanol–water partition coefficient (Wildman–Crippen LogP) is 3.66. The van der Waals surface area contributed by atoms with Crippen LogP contribution in [0.15, 0.2) is 60.3 Å². The highest BCUT2D eigenvalue weighted by Gasteiger charge is 2.24. The molecule has 0 saturated carbocycles. The summed E-state index contributed by atoms with van der Waals surface area (Å²) in [5.41, 5.74) is 8.27. The van der Waals surface area contributed by atoms with Crippen molar-refractivity contribution in [2.75, 3.05) is 33.9 Å². The minimum Gasteiger partial charge on any atom is -0.399 e. The normalized spacial score (nSPS) is 14.0. The molecule has 2 amide bonds. The molecule has 3 N–H and O–H groups in total. The Hall–Kier alpha value is -3.79. The number of nitriles is 1. The molecule has 0 aliphatic carbocycles. The summed E-state index contributed by atoms with van der Waals surface area (Å²) in [6, 6.07) is 16.0. The Kier molecular flexibility index (Phi) is 6.71. The van der Waals surface area contributed by atoms with Crippen LogP contribution >= 0.6 is 0 Å². The number of hydrogen-bond acceptors (Lipinski definition) is 6. The fraction of sp³-hybridized carbons (Fsp3) is 0.261. The molecule has 30 heavy (non-hydrogen) atoms. The molecule has 0 unspecified atom stereocenters. The average molecular weight is 403 g/mol. The van der Waals surface area contributed by atoms with Crippen LogP contribution in [0.4, 0.5) is 22.7 Å². The van der Waals surface area contributed by atoms with Crippen molar-refractivity contribution >= 4 is 34.6 Å². The molecule has 1 saturated heterocycles. The topological polar surface area (TPSA) is 102 Å². The van der Waals surface area contributed by atoms with E-state index < -0.39 is 11.8 Å². The van der Waals surface area contributed by atoms with Gasteiger partial charge in [-0.05, 0) is 67.8 Å². The molecule has 1 aliphatic heterocycles. The zero-order valence-corrected chi connectivity index (χ0v) is 17.0. The zero-order valence-electron chi connectivity index (χ0n) is 17.0. The molecule has 3 rings (SSSR count). The maximum Gasteiger partial charge on any atom is 0.277 e. The molecule has 1 fully saturated rings. The average Bonchev–Trinajstić information content (AvgIpc) is 2.76. The van der Waals surface area contributed by atoms with E-state index in [2.05, 4.69) is 10.2 Å². The summed E-state index contributed by atoms with van der Waals surface area (Å²) >= 11 is 0. The van der Waals surface area contributed by atoms with Gasteiger partial charge in [-0.1, -0.05) is 0 Å². The summed E-state index contributed by atoms with van der Waals surface area (Å²) in [4.78, 5) is 28.2. The van der Waals surface area contributed by atoms with Crippen LogP contribution < -0.4 is 20.9 Å². The van der Waals surface area contributed by atoms with Gasteiger partial charge in [0.2, 0.25) is 5.91 Å². The van der Waals surface area contributed by atoms with Crippen LogP contribution in [0.3, 0.4) is 0 Å². The zero-order chi connectivity index (χ0) is 21.5.